The van der Waals surface area contributed by atoms with E-state index in [2.05, 4.69) is 20.4 Å². The Labute approximate surface area is 102 Å². The fourth-order valence-electron chi connectivity index (χ4n) is 2.26. The van der Waals surface area contributed by atoms with Crippen molar-refractivity contribution in [1.82, 2.24) is 15.1 Å². The molecular weight excluding hydrogens is 216 g/mol. The first-order chi connectivity index (χ1) is 8.28. The van der Waals surface area contributed by atoms with E-state index in [1.165, 1.54) is 0 Å². The zero-order valence-corrected chi connectivity index (χ0v) is 10.3. The number of aromatic nitrogens is 2. The van der Waals surface area contributed by atoms with Crippen LogP contribution in [0.1, 0.15) is 18.4 Å². The summed E-state index contributed by atoms with van der Waals surface area (Å²) >= 11 is 0. The Morgan fingerprint density at radius 1 is 1.59 bits per heavy atom. The van der Waals surface area contributed by atoms with Crippen molar-refractivity contribution in [2.75, 3.05) is 31.6 Å². The summed E-state index contributed by atoms with van der Waals surface area (Å²) < 4.78 is 0. The maximum Gasteiger partial charge on any atom is 0.149 e. The smallest absolute Gasteiger partial charge is 0.149 e. The molecule has 1 saturated heterocycles. The Morgan fingerprint density at radius 2 is 2.47 bits per heavy atom. The maximum absolute atomic E-state index is 8.95. The second kappa shape index (κ2) is 5.93. The second-order valence-electron chi connectivity index (χ2n) is 4.63. The van der Waals surface area contributed by atoms with Gasteiger partial charge >= 0.3 is 0 Å². The van der Waals surface area contributed by atoms with Crippen LogP contribution in [0.4, 0.5) is 5.82 Å². The van der Waals surface area contributed by atoms with Gasteiger partial charge in [-0.25, -0.2) is 0 Å². The van der Waals surface area contributed by atoms with E-state index in [1.54, 1.807) is 6.20 Å². The molecule has 1 unspecified atom stereocenters. The summed E-state index contributed by atoms with van der Waals surface area (Å²) in [6.45, 7) is 5.06. The third-order valence-electron chi connectivity index (χ3n) is 3.06. The summed E-state index contributed by atoms with van der Waals surface area (Å²) in [4.78, 5) is 2.28. The van der Waals surface area contributed by atoms with Crippen LogP contribution in [0.3, 0.4) is 0 Å². The normalized spacial score (nSPS) is 21.4. The van der Waals surface area contributed by atoms with Crippen LogP contribution in [0.25, 0.3) is 0 Å². The predicted molar refractivity (Wildman–Crippen MR) is 66.9 cm³/mol. The molecule has 94 valence electrons. The fourth-order valence-corrected chi connectivity index (χ4v) is 2.26. The largest absolute Gasteiger partial charge is 0.395 e. The van der Waals surface area contributed by atoms with Crippen LogP contribution < -0.4 is 5.32 Å². The number of β-amino-alcohol motifs (C(OH)–C–C–N with tert-alkyl or cyclic N) is 1. The van der Waals surface area contributed by atoms with Gasteiger partial charge in [0.25, 0.3) is 0 Å². The van der Waals surface area contributed by atoms with E-state index < -0.39 is 0 Å². The molecule has 2 rings (SSSR count). The molecule has 0 amide bonds. The molecule has 0 radical (unpaired) electrons. The number of aliphatic hydroxyl groups is 1. The van der Waals surface area contributed by atoms with Gasteiger partial charge in [0.15, 0.2) is 0 Å². The lowest BCUT2D eigenvalue weighted by atomic mass is 10.1. The molecule has 1 fully saturated rings. The minimum atomic E-state index is 0.233. The minimum Gasteiger partial charge on any atom is -0.395 e. The highest BCUT2D eigenvalue weighted by molar-refractivity contribution is 5.36. The van der Waals surface area contributed by atoms with Gasteiger partial charge in [0, 0.05) is 19.1 Å². The van der Waals surface area contributed by atoms with E-state index in [0.29, 0.717) is 6.04 Å². The highest BCUT2D eigenvalue weighted by Gasteiger charge is 2.19. The molecular formula is C12H20N4O. The lowest BCUT2D eigenvalue weighted by Crippen LogP contribution is -2.43. The molecule has 0 saturated carbocycles. The van der Waals surface area contributed by atoms with Gasteiger partial charge in [-0.15, -0.1) is 5.10 Å². The van der Waals surface area contributed by atoms with Crippen LogP contribution in [0.2, 0.25) is 0 Å². The van der Waals surface area contributed by atoms with Gasteiger partial charge in [0.05, 0.1) is 12.8 Å². The molecule has 17 heavy (non-hydrogen) atoms. The van der Waals surface area contributed by atoms with Gasteiger partial charge in [-0.3, -0.25) is 4.90 Å². The summed E-state index contributed by atoms with van der Waals surface area (Å²) in [5.41, 5.74) is 1.12. The lowest BCUT2D eigenvalue weighted by Gasteiger charge is -2.32. The Bertz CT molecular complexity index is 356. The monoisotopic (exact) mass is 236 g/mol. The van der Waals surface area contributed by atoms with Crippen molar-refractivity contribution in [2.24, 2.45) is 0 Å². The zero-order valence-electron chi connectivity index (χ0n) is 10.3. The number of nitrogens with zero attached hydrogens (tertiary/aromatic N) is 3. The third-order valence-corrected chi connectivity index (χ3v) is 3.06. The first-order valence-corrected chi connectivity index (χ1v) is 6.17. The molecule has 2 N–H and O–H groups in total. The predicted octanol–water partition coefficient (Wildman–Crippen LogP) is 0.654. The van der Waals surface area contributed by atoms with Crippen molar-refractivity contribution in [1.29, 1.82) is 0 Å². The van der Waals surface area contributed by atoms with Crippen LogP contribution in [0.5, 0.6) is 0 Å². The Kier molecular flexibility index (Phi) is 4.28. The van der Waals surface area contributed by atoms with Crippen molar-refractivity contribution in [2.45, 2.75) is 25.8 Å². The van der Waals surface area contributed by atoms with Crippen LogP contribution in [-0.4, -0.2) is 52.5 Å². The Morgan fingerprint density at radius 3 is 3.24 bits per heavy atom. The highest BCUT2D eigenvalue weighted by atomic mass is 16.3. The molecule has 2 heterocycles. The third kappa shape index (κ3) is 3.64. The summed E-state index contributed by atoms with van der Waals surface area (Å²) in [7, 11) is 0. The molecule has 1 aromatic rings. The highest BCUT2D eigenvalue weighted by Crippen LogP contribution is 2.14. The topological polar surface area (TPSA) is 61.3 Å². The number of rotatable bonds is 4. The van der Waals surface area contributed by atoms with Crippen LogP contribution in [0.15, 0.2) is 12.3 Å². The average molecular weight is 236 g/mol. The van der Waals surface area contributed by atoms with Gasteiger partial charge in [-0.05, 0) is 37.9 Å². The van der Waals surface area contributed by atoms with Crippen molar-refractivity contribution < 1.29 is 5.11 Å². The van der Waals surface area contributed by atoms with Gasteiger partial charge in [0.2, 0.25) is 0 Å². The molecule has 0 spiro atoms. The summed E-state index contributed by atoms with van der Waals surface area (Å²) in [6, 6.07) is 2.42. The SMILES string of the molecule is Cc1cnnc(NC2CCCN(CCO)C2)c1. The summed E-state index contributed by atoms with van der Waals surface area (Å²) in [5, 5.41) is 20.4. The number of nitrogens with one attached hydrogen (secondary N) is 1. The number of piperidine rings is 1. The number of hydrogen-bond acceptors (Lipinski definition) is 5. The molecule has 5 heteroatoms. The van der Waals surface area contributed by atoms with E-state index in [4.69, 9.17) is 5.11 Å². The minimum absolute atomic E-state index is 0.233. The average Bonchev–Trinajstić information content (AvgIpc) is 2.30. The van der Waals surface area contributed by atoms with Crippen molar-refractivity contribution in [3.05, 3.63) is 17.8 Å². The maximum atomic E-state index is 8.95. The van der Waals surface area contributed by atoms with E-state index in [0.717, 1.165) is 43.9 Å². The van der Waals surface area contributed by atoms with Crippen molar-refractivity contribution in [3.63, 3.8) is 0 Å². The van der Waals surface area contributed by atoms with Crippen molar-refractivity contribution in [3.8, 4) is 0 Å². The first kappa shape index (κ1) is 12.3. The Balaban J connectivity index is 1.90. The first-order valence-electron chi connectivity index (χ1n) is 6.17. The quantitative estimate of drug-likeness (QED) is 0.804. The lowest BCUT2D eigenvalue weighted by molar-refractivity contribution is 0.166. The number of hydrogen-bond donors (Lipinski definition) is 2. The van der Waals surface area contributed by atoms with Crippen LogP contribution in [0, 0.1) is 6.92 Å². The van der Waals surface area contributed by atoms with E-state index in [9.17, 15) is 0 Å². The van der Waals surface area contributed by atoms with Gasteiger partial charge < -0.3 is 10.4 Å². The van der Waals surface area contributed by atoms with E-state index in [-0.39, 0.29) is 6.61 Å². The molecule has 0 aliphatic carbocycles. The number of aryl methyl sites for hydroxylation is 1. The zero-order chi connectivity index (χ0) is 12.1. The number of likely N-dealkylation sites (tertiary alicyclic amines) is 1. The Hall–Kier alpha value is -1.20. The molecule has 1 aliphatic heterocycles. The van der Waals surface area contributed by atoms with E-state index >= 15 is 0 Å². The summed E-state index contributed by atoms with van der Waals surface area (Å²) in [5.74, 6) is 0.848. The summed E-state index contributed by atoms with van der Waals surface area (Å²) in [6.07, 6.45) is 4.07. The number of aliphatic hydroxyl groups excluding tert-OH is 1. The molecule has 0 bridgehead atoms. The molecule has 1 aliphatic rings. The van der Waals surface area contributed by atoms with Crippen LogP contribution >= 0.6 is 0 Å². The molecule has 5 nitrogen and oxygen atoms in total. The van der Waals surface area contributed by atoms with E-state index in [1.807, 2.05) is 13.0 Å². The molecule has 1 atom stereocenters. The molecule has 0 aromatic carbocycles. The molecule has 1 aromatic heterocycles. The second-order valence-corrected chi connectivity index (χ2v) is 4.63. The fraction of sp³-hybridized carbons (Fsp3) is 0.667. The number of anilines is 1. The van der Waals surface area contributed by atoms with Crippen molar-refractivity contribution >= 4 is 5.82 Å². The standard InChI is InChI=1S/C12H20N4O/c1-10-7-12(15-13-8-10)14-11-3-2-4-16(9-11)5-6-17/h7-8,11,17H,2-6,9H2,1H3,(H,14,15). The van der Waals surface area contributed by atoms with Gasteiger partial charge in [-0.2, -0.15) is 5.10 Å². The van der Waals surface area contributed by atoms with Gasteiger partial charge in [0.1, 0.15) is 5.82 Å². The van der Waals surface area contributed by atoms with Gasteiger partial charge in [-0.1, -0.05) is 0 Å². The van der Waals surface area contributed by atoms with Crippen LogP contribution in [-0.2, 0) is 0 Å².